The van der Waals surface area contributed by atoms with Gasteiger partial charge in [0.2, 0.25) is 0 Å². The summed E-state index contributed by atoms with van der Waals surface area (Å²) in [5, 5.41) is 9.00. The molecule has 5 heteroatoms. The van der Waals surface area contributed by atoms with Crippen molar-refractivity contribution in [2.75, 3.05) is 19.7 Å². The van der Waals surface area contributed by atoms with Gasteiger partial charge in [0.25, 0.3) is 0 Å². The second-order valence-corrected chi connectivity index (χ2v) is 4.31. The van der Waals surface area contributed by atoms with Crippen LogP contribution in [0.25, 0.3) is 0 Å². The van der Waals surface area contributed by atoms with Gasteiger partial charge in [-0.1, -0.05) is 12.1 Å². The van der Waals surface area contributed by atoms with E-state index in [9.17, 15) is 9.18 Å². The Morgan fingerprint density at radius 1 is 1.50 bits per heavy atom. The Labute approximate surface area is 105 Å². The van der Waals surface area contributed by atoms with Gasteiger partial charge in [-0.05, 0) is 31.5 Å². The summed E-state index contributed by atoms with van der Waals surface area (Å²) in [5.74, 6) is -0.976. The number of carboxylic acids is 1. The third-order valence-corrected chi connectivity index (χ3v) is 3.12. The van der Waals surface area contributed by atoms with Crippen molar-refractivity contribution in [1.29, 1.82) is 0 Å². The second kappa shape index (κ2) is 5.82. The lowest BCUT2D eigenvalue weighted by Crippen LogP contribution is -2.38. The zero-order valence-electron chi connectivity index (χ0n) is 10.0. The van der Waals surface area contributed by atoms with Crippen molar-refractivity contribution >= 4 is 5.97 Å². The molecule has 0 spiro atoms. The first-order chi connectivity index (χ1) is 8.68. The molecule has 0 aliphatic carbocycles. The fourth-order valence-electron chi connectivity index (χ4n) is 2.21. The van der Waals surface area contributed by atoms with E-state index < -0.39 is 17.8 Å². The largest absolute Gasteiger partial charge is 0.489 e. The number of carboxylic acid groups (broad SMARTS) is 1. The maximum absolute atomic E-state index is 13.3. The molecule has 1 heterocycles. The van der Waals surface area contributed by atoms with Gasteiger partial charge in [0, 0.05) is 6.54 Å². The van der Waals surface area contributed by atoms with E-state index in [1.54, 1.807) is 18.2 Å². The predicted octanol–water partition coefficient (Wildman–Crippen LogP) is 1.75. The first-order valence-electron chi connectivity index (χ1n) is 6.02. The van der Waals surface area contributed by atoms with Crippen molar-refractivity contribution in [2.24, 2.45) is 0 Å². The fraction of sp³-hybridized carbons (Fsp3) is 0.462. The highest BCUT2D eigenvalue weighted by Gasteiger charge is 2.29. The Morgan fingerprint density at radius 3 is 3.00 bits per heavy atom. The lowest BCUT2D eigenvalue weighted by atomic mass is 10.2. The summed E-state index contributed by atoms with van der Waals surface area (Å²) in [5.41, 5.74) is 0. The minimum Gasteiger partial charge on any atom is -0.489 e. The van der Waals surface area contributed by atoms with Gasteiger partial charge in [-0.3, -0.25) is 9.69 Å². The molecule has 18 heavy (non-hydrogen) atoms. The number of nitrogens with zero attached hydrogens (tertiary/aromatic N) is 1. The van der Waals surface area contributed by atoms with Crippen LogP contribution < -0.4 is 4.74 Å². The van der Waals surface area contributed by atoms with E-state index in [-0.39, 0.29) is 5.75 Å². The minimum atomic E-state index is -0.793. The topological polar surface area (TPSA) is 49.8 Å². The number of hydrogen-bond acceptors (Lipinski definition) is 3. The van der Waals surface area contributed by atoms with Gasteiger partial charge >= 0.3 is 5.97 Å². The molecule has 0 bridgehead atoms. The van der Waals surface area contributed by atoms with Crippen molar-refractivity contribution in [3.05, 3.63) is 30.1 Å². The number of rotatable bonds is 5. The summed E-state index contributed by atoms with van der Waals surface area (Å²) in [6, 6.07) is 5.78. The van der Waals surface area contributed by atoms with Crippen molar-refractivity contribution in [3.63, 3.8) is 0 Å². The van der Waals surface area contributed by atoms with Gasteiger partial charge in [-0.2, -0.15) is 0 Å². The summed E-state index contributed by atoms with van der Waals surface area (Å²) < 4.78 is 18.6. The molecule has 1 aromatic rings. The van der Waals surface area contributed by atoms with E-state index in [0.29, 0.717) is 19.6 Å². The number of likely N-dealkylation sites (tertiary alicyclic amines) is 1. The first-order valence-corrected chi connectivity index (χ1v) is 6.02. The summed E-state index contributed by atoms with van der Waals surface area (Å²) in [4.78, 5) is 12.8. The average Bonchev–Trinajstić information content (AvgIpc) is 2.80. The highest BCUT2D eigenvalue weighted by molar-refractivity contribution is 5.73. The van der Waals surface area contributed by atoms with Crippen LogP contribution >= 0.6 is 0 Å². The SMILES string of the molecule is O=C(O)C1CCCN1CCOc1ccccc1F. The van der Waals surface area contributed by atoms with E-state index in [1.165, 1.54) is 6.07 Å². The summed E-state index contributed by atoms with van der Waals surface area (Å²) >= 11 is 0. The van der Waals surface area contributed by atoms with Gasteiger partial charge in [-0.15, -0.1) is 0 Å². The normalized spacial score (nSPS) is 19.9. The van der Waals surface area contributed by atoms with Crippen molar-refractivity contribution in [3.8, 4) is 5.75 Å². The maximum atomic E-state index is 13.3. The Kier molecular flexibility index (Phi) is 4.15. The Morgan fingerprint density at radius 2 is 2.28 bits per heavy atom. The van der Waals surface area contributed by atoms with E-state index >= 15 is 0 Å². The summed E-state index contributed by atoms with van der Waals surface area (Å²) in [7, 11) is 0. The molecular formula is C13H16FNO3. The van der Waals surface area contributed by atoms with Gasteiger partial charge in [-0.25, -0.2) is 4.39 Å². The fourth-order valence-corrected chi connectivity index (χ4v) is 2.21. The van der Waals surface area contributed by atoms with Gasteiger partial charge in [0.15, 0.2) is 11.6 Å². The number of carbonyl (C=O) groups is 1. The lowest BCUT2D eigenvalue weighted by molar-refractivity contribution is -0.142. The number of hydrogen-bond donors (Lipinski definition) is 1. The zero-order chi connectivity index (χ0) is 13.0. The molecule has 1 atom stereocenters. The molecule has 0 amide bonds. The molecule has 0 aromatic heterocycles. The Hall–Kier alpha value is -1.62. The number of ether oxygens (including phenoxy) is 1. The molecule has 1 aliphatic rings. The molecule has 0 saturated carbocycles. The van der Waals surface area contributed by atoms with Crippen LogP contribution in [-0.4, -0.2) is 41.7 Å². The lowest BCUT2D eigenvalue weighted by Gasteiger charge is -2.20. The Bertz CT molecular complexity index is 424. The zero-order valence-corrected chi connectivity index (χ0v) is 10.0. The summed E-state index contributed by atoms with van der Waals surface area (Å²) in [6.07, 6.45) is 1.56. The maximum Gasteiger partial charge on any atom is 0.320 e. The average molecular weight is 253 g/mol. The molecule has 1 fully saturated rings. The van der Waals surface area contributed by atoms with Crippen LogP contribution in [0.4, 0.5) is 4.39 Å². The molecule has 1 aromatic carbocycles. The quantitative estimate of drug-likeness (QED) is 0.868. The standard InChI is InChI=1S/C13H16FNO3/c14-10-4-1-2-6-12(10)18-9-8-15-7-3-5-11(15)13(16)17/h1-2,4,6,11H,3,5,7-9H2,(H,16,17). The van der Waals surface area contributed by atoms with Crippen LogP contribution in [0, 0.1) is 5.82 Å². The number of para-hydroxylation sites is 1. The first kappa shape index (κ1) is 12.8. The van der Waals surface area contributed by atoms with Crippen LogP contribution in [-0.2, 0) is 4.79 Å². The number of benzene rings is 1. The number of halogens is 1. The molecule has 1 aliphatic heterocycles. The van der Waals surface area contributed by atoms with E-state index in [4.69, 9.17) is 9.84 Å². The smallest absolute Gasteiger partial charge is 0.320 e. The van der Waals surface area contributed by atoms with Crippen molar-refractivity contribution < 1.29 is 19.0 Å². The highest BCUT2D eigenvalue weighted by atomic mass is 19.1. The van der Waals surface area contributed by atoms with Crippen LogP contribution in [0.1, 0.15) is 12.8 Å². The monoisotopic (exact) mass is 253 g/mol. The third-order valence-electron chi connectivity index (χ3n) is 3.12. The van der Waals surface area contributed by atoms with E-state index in [0.717, 1.165) is 13.0 Å². The van der Waals surface area contributed by atoms with Gasteiger partial charge < -0.3 is 9.84 Å². The number of aliphatic carboxylic acids is 1. The van der Waals surface area contributed by atoms with Crippen molar-refractivity contribution in [2.45, 2.75) is 18.9 Å². The van der Waals surface area contributed by atoms with Crippen LogP contribution in [0.5, 0.6) is 5.75 Å². The second-order valence-electron chi connectivity index (χ2n) is 4.31. The van der Waals surface area contributed by atoms with Crippen LogP contribution in [0.2, 0.25) is 0 Å². The molecular weight excluding hydrogens is 237 g/mol. The van der Waals surface area contributed by atoms with Crippen LogP contribution in [0.3, 0.4) is 0 Å². The predicted molar refractivity (Wildman–Crippen MR) is 64.1 cm³/mol. The summed E-state index contributed by atoms with van der Waals surface area (Å²) in [6.45, 7) is 1.56. The highest BCUT2D eigenvalue weighted by Crippen LogP contribution is 2.18. The molecule has 1 N–H and O–H groups in total. The molecule has 0 radical (unpaired) electrons. The molecule has 4 nitrogen and oxygen atoms in total. The third kappa shape index (κ3) is 2.98. The van der Waals surface area contributed by atoms with E-state index in [2.05, 4.69) is 0 Å². The Balaban J connectivity index is 1.82. The van der Waals surface area contributed by atoms with Gasteiger partial charge in [0.1, 0.15) is 12.6 Å². The molecule has 1 unspecified atom stereocenters. The minimum absolute atomic E-state index is 0.212. The van der Waals surface area contributed by atoms with Crippen LogP contribution in [0.15, 0.2) is 24.3 Å². The molecule has 1 saturated heterocycles. The van der Waals surface area contributed by atoms with Crippen molar-refractivity contribution in [1.82, 2.24) is 4.90 Å². The molecule has 2 rings (SSSR count). The molecule has 98 valence electrons. The van der Waals surface area contributed by atoms with E-state index in [1.807, 2.05) is 4.90 Å². The van der Waals surface area contributed by atoms with Gasteiger partial charge in [0.05, 0.1) is 0 Å².